The highest BCUT2D eigenvalue weighted by molar-refractivity contribution is 7.20. The molecule has 4 heteroatoms. The van der Waals surface area contributed by atoms with E-state index in [1.807, 2.05) is 6.07 Å². The zero-order valence-electron chi connectivity index (χ0n) is 8.60. The van der Waals surface area contributed by atoms with Gasteiger partial charge in [-0.15, -0.1) is 11.3 Å². The molecule has 0 aromatic carbocycles. The quantitative estimate of drug-likeness (QED) is 0.839. The van der Waals surface area contributed by atoms with Crippen molar-refractivity contribution in [1.29, 1.82) is 0 Å². The van der Waals surface area contributed by atoms with Gasteiger partial charge in [-0.2, -0.15) is 0 Å². The molecular formula is C10H15Cl2NS. The lowest BCUT2D eigenvalue weighted by atomic mass is 9.98. The number of hydrogen-bond donors (Lipinski definition) is 1. The maximum Gasteiger partial charge on any atom is 0.0992 e. The van der Waals surface area contributed by atoms with Gasteiger partial charge in [0.2, 0.25) is 0 Å². The highest BCUT2D eigenvalue weighted by Crippen LogP contribution is 2.37. The molecular weight excluding hydrogens is 237 g/mol. The molecule has 0 fully saturated rings. The van der Waals surface area contributed by atoms with Gasteiger partial charge >= 0.3 is 0 Å². The predicted octanol–water partition coefficient (Wildman–Crippen LogP) is 4.36. The Labute approximate surface area is 99.4 Å². The Balaban J connectivity index is 2.92. The van der Waals surface area contributed by atoms with Crippen LogP contribution in [-0.4, -0.2) is 6.54 Å². The fourth-order valence-corrected chi connectivity index (χ4v) is 3.04. The molecule has 1 heterocycles. The van der Waals surface area contributed by atoms with Gasteiger partial charge in [0.1, 0.15) is 0 Å². The zero-order chi connectivity index (χ0) is 10.7. The van der Waals surface area contributed by atoms with E-state index in [0.717, 1.165) is 20.8 Å². The molecule has 0 saturated heterocycles. The van der Waals surface area contributed by atoms with Crippen molar-refractivity contribution >= 4 is 34.5 Å². The summed E-state index contributed by atoms with van der Waals surface area (Å²) < 4.78 is 1.56. The fraction of sp³-hybridized carbons (Fsp3) is 0.600. The Morgan fingerprint density at radius 2 is 2.07 bits per heavy atom. The van der Waals surface area contributed by atoms with Crippen molar-refractivity contribution in [2.45, 2.75) is 26.8 Å². The van der Waals surface area contributed by atoms with Crippen LogP contribution in [0.1, 0.15) is 32.4 Å². The molecule has 1 atom stereocenters. The van der Waals surface area contributed by atoms with Crippen LogP contribution in [0, 0.1) is 5.92 Å². The van der Waals surface area contributed by atoms with Crippen LogP contribution in [0.3, 0.4) is 0 Å². The van der Waals surface area contributed by atoms with Crippen LogP contribution in [0.4, 0.5) is 0 Å². The molecule has 80 valence electrons. The third-order valence-electron chi connectivity index (χ3n) is 2.11. The molecule has 1 N–H and O–H groups in total. The molecule has 0 spiro atoms. The summed E-state index contributed by atoms with van der Waals surface area (Å²) in [6.45, 7) is 7.38. The average Bonchev–Trinajstić information content (AvgIpc) is 2.40. The van der Waals surface area contributed by atoms with E-state index in [1.165, 1.54) is 11.3 Å². The maximum atomic E-state index is 6.11. The van der Waals surface area contributed by atoms with Gasteiger partial charge in [-0.3, -0.25) is 0 Å². The minimum Gasteiger partial charge on any atom is -0.310 e. The van der Waals surface area contributed by atoms with Crippen LogP contribution in [0.5, 0.6) is 0 Å². The number of thiophene rings is 1. The second kappa shape index (κ2) is 5.36. The first-order valence-electron chi connectivity index (χ1n) is 4.74. The van der Waals surface area contributed by atoms with Crippen LogP contribution >= 0.6 is 34.5 Å². The monoisotopic (exact) mass is 251 g/mol. The van der Waals surface area contributed by atoms with Crippen LogP contribution in [0.15, 0.2) is 6.07 Å². The zero-order valence-corrected chi connectivity index (χ0v) is 10.9. The Kier molecular flexibility index (Phi) is 4.71. The summed E-state index contributed by atoms with van der Waals surface area (Å²) >= 11 is 13.5. The predicted molar refractivity (Wildman–Crippen MR) is 65.6 cm³/mol. The number of rotatable bonds is 4. The summed E-state index contributed by atoms with van der Waals surface area (Å²) in [6, 6.07) is 2.26. The summed E-state index contributed by atoms with van der Waals surface area (Å²) in [5, 5.41) is 3.42. The van der Waals surface area contributed by atoms with Gasteiger partial charge < -0.3 is 5.32 Å². The van der Waals surface area contributed by atoms with Gasteiger partial charge in [0.25, 0.3) is 0 Å². The molecule has 1 unspecified atom stereocenters. The van der Waals surface area contributed by atoms with E-state index in [4.69, 9.17) is 23.2 Å². The Morgan fingerprint density at radius 1 is 1.43 bits per heavy atom. The van der Waals surface area contributed by atoms with Crippen molar-refractivity contribution in [3.05, 3.63) is 20.3 Å². The molecule has 1 nitrogen and oxygen atoms in total. The molecule has 1 aromatic rings. The van der Waals surface area contributed by atoms with Crippen LogP contribution in [0.25, 0.3) is 0 Å². The van der Waals surface area contributed by atoms with E-state index in [2.05, 4.69) is 26.1 Å². The van der Waals surface area contributed by atoms with Crippen LogP contribution in [-0.2, 0) is 0 Å². The normalized spacial score (nSPS) is 13.6. The smallest absolute Gasteiger partial charge is 0.0992 e. The third kappa shape index (κ3) is 2.86. The minimum absolute atomic E-state index is 0.302. The highest BCUT2D eigenvalue weighted by Gasteiger charge is 2.19. The molecule has 14 heavy (non-hydrogen) atoms. The molecule has 0 aliphatic carbocycles. The first-order chi connectivity index (χ1) is 6.56. The third-order valence-corrected chi connectivity index (χ3v) is 3.63. The highest BCUT2D eigenvalue weighted by atomic mass is 35.5. The van der Waals surface area contributed by atoms with Crippen LogP contribution < -0.4 is 5.32 Å². The Hall–Kier alpha value is 0.240. The van der Waals surface area contributed by atoms with Crippen molar-refractivity contribution in [2.24, 2.45) is 5.92 Å². The topological polar surface area (TPSA) is 12.0 Å². The second-order valence-electron chi connectivity index (χ2n) is 3.56. The Morgan fingerprint density at radius 3 is 2.43 bits per heavy atom. The van der Waals surface area contributed by atoms with Gasteiger partial charge in [-0.1, -0.05) is 44.0 Å². The first kappa shape index (κ1) is 12.3. The number of hydrogen-bond acceptors (Lipinski definition) is 2. The molecule has 0 aliphatic rings. The summed E-state index contributed by atoms with van der Waals surface area (Å²) in [4.78, 5) is 0. The van der Waals surface area contributed by atoms with Crippen molar-refractivity contribution in [3.8, 4) is 0 Å². The van der Waals surface area contributed by atoms with E-state index in [-0.39, 0.29) is 0 Å². The molecule has 0 saturated carbocycles. The van der Waals surface area contributed by atoms with E-state index in [0.29, 0.717) is 12.0 Å². The van der Waals surface area contributed by atoms with E-state index >= 15 is 0 Å². The SMILES string of the molecule is CCNC(c1cc(Cl)sc1Cl)C(C)C. The average molecular weight is 252 g/mol. The lowest BCUT2D eigenvalue weighted by Crippen LogP contribution is -2.25. The van der Waals surface area contributed by atoms with E-state index < -0.39 is 0 Å². The summed E-state index contributed by atoms with van der Waals surface area (Å²) in [7, 11) is 0. The van der Waals surface area contributed by atoms with Crippen molar-refractivity contribution in [2.75, 3.05) is 6.54 Å². The van der Waals surface area contributed by atoms with Gasteiger partial charge in [-0.05, 0) is 18.5 Å². The molecule has 0 radical (unpaired) electrons. The van der Waals surface area contributed by atoms with Crippen molar-refractivity contribution < 1.29 is 0 Å². The Bertz CT molecular complexity index is 296. The largest absolute Gasteiger partial charge is 0.310 e. The maximum absolute atomic E-state index is 6.11. The molecule has 1 rings (SSSR count). The lowest BCUT2D eigenvalue weighted by Gasteiger charge is -2.21. The molecule has 0 amide bonds. The summed E-state index contributed by atoms with van der Waals surface area (Å²) in [5.41, 5.74) is 1.12. The standard InChI is InChI=1S/C10H15Cl2NS/c1-4-13-9(6(2)3)7-5-8(11)14-10(7)12/h5-6,9,13H,4H2,1-3H3. The molecule has 1 aromatic heterocycles. The first-order valence-corrected chi connectivity index (χ1v) is 6.31. The van der Waals surface area contributed by atoms with E-state index in [9.17, 15) is 0 Å². The fourth-order valence-electron chi connectivity index (χ4n) is 1.49. The second-order valence-corrected chi connectivity index (χ2v) is 5.84. The van der Waals surface area contributed by atoms with Gasteiger partial charge in [-0.25, -0.2) is 0 Å². The van der Waals surface area contributed by atoms with Gasteiger partial charge in [0.15, 0.2) is 0 Å². The van der Waals surface area contributed by atoms with Gasteiger partial charge in [0.05, 0.1) is 8.67 Å². The van der Waals surface area contributed by atoms with E-state index in [1.54, 1.807) is 0 Å². The molecule has 0 aliphatic heterocycles. The number of nitrogens with one attached hydrogen (secondary N) is 1. The van der Waals surface area contributed by atoms with Crippen molar-refractivity contribution in [1.82, 2.24) is 5.32 Å². The molecule has 0 bridgehead atoms. The summed E-state index contributed by atoms with van der Waals surface area (Å²) in [6.07, 6.45) is 0. The lowest BCUT2D eigenvalue weighted by molar-refractivity contribution is 0.423. The van der Waals surface area contributed by atoms with Crippen molar-refractivity contribution in [3.63, 3.8) is 0 Å². The van der Waals surface area contributed by atoms with Crippen LogP contribution in [0.2, 0.25) is 8.67 Å². The summed E-state index contributed by atoms with van der Waals surface area (Å²) in [5.74, 6) is 0.512. The number of halogens is 2. The van der Waals surface area contributed by atoms with Gasteiger partial charge in [0, 0.05) is 11.6 Å². The minimum atomic E-state index is 0.302.